The highest BCUT2D eigenvalue weighted by atomic mass is 16.5. The van der Waals surface area contributed by atoms with Crippen LogP contribution in [0.25, 0.3) is 10.9 Å². The Labute approximate surface area is 194 Å². The molecule has 2 aromatic heterocycles. The Morgan fingerprint density at radius 3 is 2.97 bits per heavy atom. The first kappa shape index (κ1) is 22.8. The molecule has 0 spiro atoms. The van der Waals surface area contributed by atoms with E-state index in [2.05, 4.69) is 32.8 Å². The first-order valence-corrected chi connectivity index (χ1v) is 11.4. The number of rotatable bonds is 7. The number of ether oxygens (including phenoxy) is 1. The van der Waals surface area contributed by atoms with Gasteiger partial charge in [0.1, 0.15) is 5.75 Å². The van der Waals surface area contributed by atoms with Crippen LogP contribution in [0.2, 0.25) is 0 Å². The molecule has 4 rings (SSSR count). The summed E-state index contributed by atoms with van der Waals surface area (Å²) >= 11 is 0. The van der Waals surface area contributed by atoms with Crippen LogP contribution in [0, 0.1) is 23.7 Å². The summed E-state index contributed by atoms with van der Waals surface area (Å²) < 4.78 is 5.37. The van der Waals surface area contributed by atoms with Crippen LogP contribution >= 0.6 is 0 Å². The van der Waals surface area contributed by atoms with Crippen molar-refractivity contribution in [2.45, 2.75) is 25.7 Å². The van der Waals surface area contributed by atoms with Crippen molar-refractivity contribution < 1.29 is 14.6 Å². The van der Waals surface area contributed by atoms with E-state index in [1.54, 1.807) is 19.5 Å². The van der Waals surface area contributed by atoms with Crippen molar-refractivity contribution in [3.05, 3.63) is 66.1 Å². The van der Waals surface area contributed by atoms with Gasteiger partial charge in [-0.25, -0.2) is 0 Å². The first-order valence-electron chi connectivity index (χ1n) is 11.4. The molecule has 1 aliphatic rings. The van der Waals surface area contributed by atoms with Crippen LogP contribution in [0.4, 0.5) is 0 Å². The second-order valence-corrected chi connectivity index (χ2v) is 8.52. The number of fused-ring (bicyclic) bond motifs is 1. The van der Waals surface area contributed by atoms with Gasteiger partial charge in [-0.2, -0.15) is 0 Å². The molecule has 1 fully saturated rings. The van der Waals surface area contributed by atoms with Gasteiger partial charge >= 0.3 is 5.97 Å². The zero-order valence-electron chi connectivity index (χ0n) is 18.9. The molecule has 0 unspecified atom stereocenters. The first-order chi connectivity index (χ1) is 16.1. The summed E-state index contributed by atoms with van der Waals surface area (Å²) in [6, 6.07) is 11.8. The minimum atomic E-state index is -0.705. The van der Waals surface area contributed by atoms with Gasteiger partial charge in [-0.15, -0.1) is 0 Å². The third-order valence-corrected chi connectivity index (χ3v) is 6.41. The molecular formula is C27H29N3O3. The number of benzene rings is 1. The second kappa shape index (κ2) is 10.9. The quantitative estimate of drug-likeness (QED) is 0.556. The Kier molecular flexibility index (Phi) is 7.54. The van der Waals surface area contributed by atoms with Crippen molar-refractivity contribution in [2.75, 3.05) is 26.7 Å². The number of likely N-dealkylation sites (tertiary alicyclic amines) is 1. The Morgan fingerprint density at radius 2 is 2.18 bits per heavy atom. The summed E-state index contributed by atoms with van der Waals surface area (Å²) in [5.74, 6) is 6.22. The van der Waals surface area contributed by atoms with Gasteiger partial charge in [0.15, 0.2) is 0 Å². The molecule has 33 heavy (non-hydrogen) atoms. The third-order valence-electron chi connectivity index (χ3n) is 6.41. The number of pyridine rings is 2. The van der Waals surface area contributed by atoms with Crippen LogP contribution in [0.5, 0.6) is 5.75 Å². The molecule has 6 nitrogen and oxygen atoms in total. The van der Waals surface area contributed by atoms with E-state index in [9.17, 15) is 9.90 Å². The predicted octanol–water partition coefficient (Wildman–Crippen LogP) is 4.04. The van der Waals surface area contributed by atoms with E-state index in [1.807, 2.05) is 36.5 Å². The van der Waals surface area contributed by atoms with E-state index in [0.29, 0.717) is 13.1 Å². The van der Waals surface area contributed by atoms with Crippen LogP contribution in [0.15, 0.2) is 55.0 Å². The number of carboxylic acids is 1. The van der Waals surface area contributed by atoms with E-state index in [-0.39, 0.29) is 11.8 Å². The number of aliphatic carboxylic acids is 1. The monoisotopic (exact) mass is 443 g/mol. The van der Waals surface area contributed by atoms with Crippen molar-refractivity contribution in [3.63, 3.8) is 0 Å². The average Bonchev–Trinajstić information content (AvgIpc) is 2.85. The maximum absolute atomic E-state index is 12.0. The van der Waals surface area contributed by atoms with Crippen LogP contribution in [0.1, 0.15) is 30.4 Å². The van der Waals surface area contributed by atoms with Gasteiger partial charge in [-0.05, 0) is 80.1 Å². The summed E-state index contributed by atoms with van der Waals surface area (Å²) in [6.07, 6.45) is 8.94. The fraction of sp³-hybridized carbons (Fsp3) is 0.370. The molecular weight excluding hydrogens is 414 g/mol. The standard InChI is InChI=1S/C27H29N3O3/c1-33-23-9-10-26-24(17-23)21(11-14-29-26)7-2-8-22-12-16-30(19-25(22)27(31)32)15-4-6-20-5-3-13-28-18-20/h3,5,9-11,13-14,17-18,22,25H,2,7-8,12,15-16,19H2,1H3,(H,31,32)/t22-,25+/m1/s1. The van der Waals surface area contributed by atoms with E-state index < -0.39 is 5.97 Å². The van der Waals surface area contributed by atoms with Gasteiger partial charge in [0.25, 0.3) is 0 Å². The number of carboxylic acid groups (broad SMARTS) is 1. The summed E-state index contributed by atoms with van der Waals surface area (Å²) in [4.78, 5) is 22.7. The second-order valence-electron chi connectivity index (χ2n) is 8.52. The molecule has 1 N–H and O–H groups in total. The largest absolute Gasteiger partial charge is 0.497 e. The highest BCUT2D eigenvalue weighted by molar-refractivity contribution is 5.83. The number of methoxy groups -OCH3 is 1. The van der Waals surface area contributed by atoms with Crippen LogP contribution < -0.4 is 4.74 Å². The molecule has 0 bridgehead atoms. The molecule has 0 saturated carbocycles. The number of carbonyl (C=O) groups is 1. The molecule has 3 heterocycles. The summed E-state index contributed by atoms with van der Waals surface area (Å²) in [5.41, 5.74) is 3.06. The lowest BCUT2D eigenvalue weighted by molar-refractivity contribution is -0.146. The van der Waals surface area contributed by atoms with Gasteiger partial charge < -0.3 is 9.84 Å². The van der Waals surface area contributed by atoms with Crippen molar-refractivity contribution >= 4 is 16.9 Å². The number of aromatic nitrogens is 2. The highest BCUT2D eigenvalue weighted by Crippen LogP contribution is 2.30. The Balaban J connectivity index is 1.34. The van der Waals surface area contributed by atoms with Gasteiger partial charge in [-0.3, -0.25) is 19.7 Å². The molecule has 1 aliphatic heterocycles. The van der Waals surface area contributed by atoms with Crippen molar-refractivity contribution in [1.82, 2.24) is 14.9 Å². The van der Waals surface area contributed by atoms with Crippen LogP contribution in [-0.4, -0.2) is 52.7 Å². The van der Waals surface area contributed by atoms with E-state index in [0.717, 1.165) is 54.4 Å². The predicted molar refractivity (Wildman–Crippen MR) is 128 cm³/mol. The summed E-state index contributed by atoms with van der Waals surface area (Å²) in [5, 5.41) is 11.0. The van der Waals surface area contributed by atoms with Crippen molar-refractivity contribution in [2.24, 2.45) is 11.8 Å². The summed E-state index contributed by atoms with van der Waals surface area (Å²) in [6.45, 7) is 2.01. The fourth-order valence-corrected chi connectivity index (χ4v) is 4.61. The Bertz CT molecular complexity index is 1150. The number of nitrogens with zero attached hydrogens (tertiary/aromatic N) is 3. The van der Waals surface area contributed by atoms with Gasteiger partial charge in [0.05, 0.1) is 25.1 Å². The Hall–Kier alpha value is -3.43. The lowest BCUT2D eigenvalue weighted by atomic mass is 9.81. The zero-order chi connectivity index (χ0) is 23.0. The lowest BCUT2D eigenvalue weighted by Gasteiger charge is -2.35. The average molecular weight is 444 g/mol. The molecule has 1 aromatic carbocycles. The molecule has 0 amide bonds. The number of piperidine rings is 1. The van der Waals surface area contributed by atoms with E-state index in [4.69, 9.17) is 4.74 Å². The highest BCUT2D eigenvalue weighted by Gasteiger charge is 2.33. The molecule has 170 valence electrons. The number of hydrogen-bond donors (Lipinski definition) is 1. The lowest BCUT2D eigenvalue weighted by Crippen LogP contribution is -2.44. The normalized spacial score (nSPS) is 18.5. The van der Waals surface area contributed by atoms with Gasteiger partial charge in [-0.1, -0.05) is 11.8 Å². The SMILES string of the molecule is COc1ccc2nccc(CCC[C@@H]3CCN(CC#Cc4cccnc4)C[C@@H]3C(=O)O)c2c1. The molecule has 6 heteroatoms. The van der Waals surface area contributed by atoms with E-state index >= 15 is 0 Å². The maximum atomic E-state index is 12.0. The summed E-state index contributed by atoms with van der Waals surface area (Å²) in [7, 11) is 1.67. The number of hydrogen-bond acceptors (Lipinski definition) is 5. The number of aryl methyl sites for hydroxylation is 1. The van der Waals surface area contributed by atoms with Crippen LogP contribution in [-0.2, 0) is 11.2 Å². The van der Waals surface area contributed by atoms with Gasteiger partial charge in [0, 0.05) is 36.1 Å². The molecule has 0 aliphatic carbocycles. The fourth-order valence-electron chi connectivity index (χ4n) is 4.61. The minimum Gasteiger partial charge on any atom is -0.497 e. The van der Waals surface area contributed by atoms with Crippen molar-refractivity contribution in [1.29, 1.82) is 0 Å². The van der Waals surface area contributed by atoms with E-state index in [1.165, 1.54) is 5.56 Å². The van der Waals surface area contributed by atoms with Crippen LogP contribution in [0.3, 0.4) is 0 Å². The zero-order valence-corrected chi connectivity index (χ0v) is 18.9. The Morgan fingerprint density at radius 1 is 1.27 bits per heavy atom. The van der Waals surface area contributed by atoms with Crippen molar-refractivity contribution in [3.8, 4) is 17.6 Å². The maximum Gasteiger partial charge on any atom is 0.308 e. The third kappa shape index (κ3) is 5.88. The molecule has 1 saturated heterocycles. The molecule has 2 atom stereocenters. The topological polar surface area (TPSA) is 75.5 Å². The molecule has 3 aromatic rings. The minimum absolute atomic E-state index is 0.188. The smallest absolute Gasteiger partial charge is 0.308 e. The van der Waals surface area contributed by atoms with Gasteiger partial charge in [0.2, 0.25) is 0 Å². The molecule has 0 radical (unpaired) electrons.